The number of hydrogen-bond donors (Lipinski definition) is 0. The average molecular weight is 172 g/mol. The third kappa shape index (κ3) is 2.20. The van der Waals surface area contributed by atoms with Crippen LogP contribution in [-0.2, 0) is 9.47 Å². The minimum atomic E-state index is 0.0488. The molecule has 2 unspecified atom stereocenters. The Labute approximate surface area is 75.2 Å². The Hall–Kier alpha value is -0.0800. The van der Waals surface area contributed by atoms with Gasteiger partial charge in [-0.05, 0) is 19.3 Å². The van der Waals surface area contributed by atoms with E-state index in [1.807, 2.05) is 0 Å². The summed E-state index contributed by atoms with van der Waals surface area (Å²) in [6, 6.07) is 0. The third-order valence-electron chi connectivity index (χ3n) is 2.83. The SMILES string of the molecule is COC1(C)CCOC(C(C)C)C1. The highest BCUT2D eigenvalue weighted by atomic mass is 16.5. The van der Waals surface area contributed by atoms with Gasteiger partial charge in [0.15, 0.2) is 0 Å². The summed E-state index contributed by atoms with van der Waals surface area (Å²) in [5, 5.41) is 0. The predicted octanol–water partition coefficient (Wildman–Crippen LogP) is 2.23. The van der Waals surface area contributed by atoms with Gasteiger partial charge in [0.25, 0.3) is 0 Å². The first-order valence-electron chi connectivity index (χ1n) is 4.74. The van der Waals surface area contributed by atoms with Gasteiger partial charge in [0, 0.05) is 20.1 Å². The van der Waals surface area contributed by atoms with E-state index < -0.39 is 0 Å². The molecule has 2 heteroatoms. The molecule has 1 aliphatic rings. The lowest BCUT2D eigenvalue weighted by atomic mass is 9.88. The van der Waals surface area contributed by atoms with Gasteiger partial charge >= 0.3 is 0 Å². The van der Waals surface area contributed by atoms with Crippen molar-refractivity contribution in [3.63, 3.8) is 0 Å². The zero-order chi connectivity index (χ0) is 9.19. The van der Waals surface area contributed by atoms with Crippen LogP contribution in [-0.4, -0.2) is 25.4 Å². The summed E-state index contributed by atoms with van der Waals surface area (Å²) >= 11 is 0. The zero-order valence-electron chi connectivity index (χ0n) is 8.59. The molecule has 0 radical (unpaired) electrons. The molecule has 1 fully saturated rings. The minimum absolute atomic E-state index is 0.0488. The van der Waals surface area contributed by atoms with Crippen LogP contribution in [0.3, 0.4) is 0 Å². The number of ether oxygens (including phenoxy) is 2. The molecule has 1 heterocycles. The van der Waals surface area contributed by atoms with Crippen LogP contribution >= 0.6 is 0 Å². The van der Waals surface area contributed by atoms with Crippen molar-refractivity contribution >= 4 is 0 Å². The first kappa shape index (κ1) is 10.0. The Bertz CT molecular complexity index is 145. The average Bonchev–Trinajstić information content (AvgIpc) is 2.05. The fraction of sp³-hybridized carbons (Fsp3) is 1.00. The van der Waals surface area contributed by atoms with Gasteiger partial charge in [0.1, 0.15) is 0 Å². The van der Waals surface area contributed by atoms with Crippen molar-refractivity contribution < 1.29 is 9.47 Å². The van der Waals surface area contributed by atoms with Crippen molar-refractivity contribution in [2.24, 2.45) is 5.92 Å². The highest BCUT2D eigenvalue weighted by Gasteiger charge is 2.33. The fourth-order valence-corrected chi connectivity index (χ4v) is 1.63. The monoisotopic (exact) mass is 172 g/mol. The molecular formula is C10H20O2. The molecule has 0 aromatic heterocycles. The van der Waals surface area contributed by atoms with Crippen molar-refractivity contribution in [2.45, 2.75) is 45.3 Å². The normalized spacial score (nSPS) is 37.2. The maximum atomic E-state index is 5.66. The molecule has 0 spiro atoms. The molecule has 0 saturated carbocycles. The van der Waals surface area contributed by atoms with E-state index in [4.69, 9.17) is 9.47 Å². The predicted molar refractivity (Wildman–Crippen MR) is 49.2 cm³/mol. The van der Waals surface area contributed by atoms with Crippen LogP contribution < -0.4 is 0 Å². The molecule has 1 rings (SSSR count). The van der Waals surface area contributed by atoms with Crippen LogP contribution in [0.15, 0.2) is 0 Å². The van der Waals surface area contributed by atoms with Gasteiger partial charge in [-0.15, -0.1) is 0 Å². The zero-order valence-corrected chi connectivity index (χ0v) is 8.59. The molecule has 0 N–H and O–H groups in total. The molecule has 2 nitrogen and oxygen atoms in total. The van der Waals surface area contributed by atoms with Crippen molar-refractivity contribution in [3.8, 4) is 0 Å². The molecular weight excluding hydrogens is 152 g/mol. The second kappa shape index (κ2) is 3.75. The van der Waals surface area contributed by atoms with E-state index in [1.165, 1.54) is 0 Å². The second-order valence-corrected chi connectivity index (χ2v) is 4.26. The molecule has 72 valence electrons. The first-order valence-corrected chi connectivity index (χ1v) is 4.74. The Morgan fingerprint density at radius 1 is 1.50 bits per heavy atom. The molecule has 0 amide bonds. The number of hydrogen-bond acceptors (Lipinski definition) is 2. The maximum Gasteiger partial charge on any atom is 0.0697 e. The summed E-state index contributed by atoms with van der Waals surface area (Å²) in [4.78, 5) is 0. The molecule has 0 aliphatic carbocycles. The number of rotatable bonds is 2. The topological polar surface area (TPSA) is 18.5 Å². The minimum Gasteiger partial charge on any atom is -0.378 e. The Kier molecular flexibility index (Phi) is 3.13. The van der Waals surface area contributed by atoms with E-state index in [0.717, 1.165) is 19.4 Å². The van der Waals surface area contributed by atoms with Gasteiger partial charge in [-0.2, -0.15) is 0 Å². The van der Waals surface area contributed by atoms with Gasteiger partial charge in [-0.25, -0.2) is 0 Å². The van der Waals surface area contributed by atoms with E-state index in [-0.39, 0.29) is 5.60 Å². The molecule has 12 heavy (non-hydrogen) atoms. The standard InChI is InChI=1S/C10H20O2/c1-8(2)9-7-10(3,11-4)5-6-12-9/h8-9H,5-7H2,1-4H3. The summed E-state index contributed by atoms with van der Waals surface area (Å²) in [5.41, 5.74) is 0.0488. The molecule has 1 aliphatic heterocycles. The highest BCUT2D eigenvalue weighted by molar-refractivity contribution is 4.84. The van der Waals surface area contributed by atoms with Gasteiger partial charge in [0.05, 0.1) is 11.7 Å². The lowest BCUT2D eigenvalue weighted by Gasteiger charge is -2.38. The van der Waals surface area contributed by atoms with Crippen LogP contribution in [0.2, 0.25) is 0 Å². The summed E-state index contributed by atoms with van der Waals surface area (Å²) in [5.74, 6) is 0.597. The largest absolute Gasteiger partial charge is 0.378 e. The Morgan fingerprint density at radius 3 is 2.67 bits per heavy atom. The number of methoxy groups -OCH3 is 1. The van der Waals surface area contributed by atoms with Crippen LogP contribution in [0.5, 0.6) is 0 Å². The van der Waals surface area contributed by atoms with Gasteiger partial charge < -0.3 is 9.47 Å². The third-order valence-corrected chi connectivity index (χ3v) is 2.83. The Balaban J connectivity index is 2.51. The Morgan fingerprint density at radius 2 is 2.17 bits per heavy atom. The van der Waals surface area contributed by atoms with Crippen molar-refractivity contribution in [1.29, 1.82) is 0 Å². The van der Waals surface area contributed by atoms with E-state index in [2.05, 4.69) is 20.8 Å². The van der Waals surface area contributed by atoms with Crippen LogP contribution in [0.25, 0.3) is 0 Å². The summed E-state index contributed by atoms with van der Waals surface area (Å²) in [7, 11) is 1.79. The quantitative estimate of drug-likeness (QED) is 0.636. The van der Waals surface area contributed by atoms with Gasteiger partial charge in [-0.3, -0.25) is 0 Å². The molecule has 0 aromatic rings. The molecule has 0 bridgehead atoms. The van der Waals surface area contributed by atoms with E-state index in [1.54, 1.807) is 7.11 Å². The molecule has 2 atom stereocenters. The lowest BCUT2D eigenvalue weighted by molar-refractivity contribution is -0.124. The summed E-state index contributed by atoms with van der Waals surface area (Å²) in [6.45, 7) is 7.41. The second-order valence-electron chi connectivity index (χ2n) is 4.26. The van der Waals surface area contributed by atoms with Crippen molar-refractivity contribution in [2.75, 3.05) is 13.7 Å². The van der Waals surface area contributed by atoms with Crippen LogP contribution in [0.1, 0.15) is 33.6 Å². The lowest BCUT2D eigenvalue weighted by Crippen LogP contribution is -2.41. The molecule has 1 saturated heterocycles. The van der Waals surface area contributed by atoms with E-state index in [0.29, 0.717) is 12.0 Å². The first-order chi connectivity index (χ1) is 5.57. The summed E-state index contributed by atoms with van der Waals surface area (Å²) in [6.07, 6.45) is 2.43. The van der Waals surface area contributed by atoms with Gasteiger partial charge in [-0.1, -0.05) is 13.8 Å². The van der Waals surface area contributed by atoms with E-state index in [9.17, 15) is 0 Å². The fourth-order valence-electron chi connectivity index (χ4n) is 1.63. The van der Waals surface area contributed by atoms with Gasteiger partial charge in [0.2, 0.25) is 0 Å². The summed E-state index contributed by atoms with van der Waals surface area (Å²) < 4.78 is 11.1. The van der Waals surface area contributed by atoms with Crippen LogP contribution in [0.4, 0.5) is 0 Å². The van der Waals surface area contributed by atoms with Crippen LogP contribution in [0, 0.1) is 5.92 Å². The van der Waals surface area contributed by atoms with Crippen molar-refractivity contribution in [1.82, 2.24) is 0 Å². The molecule has 0 aromatic carbocycles. The highest BCUT2D eigenvalue weighted by Crippen LogP contribution is 2.30. The maximum absolute atomic E-state index is 5.66. The smallest absolute Gasteiger partial charge is 0.0697 e. The van der Waals surface area contributed by atoms with E-state index >= 15 is 0 Å². The van der Waals surface area contributed by atoms with Crippen molar-refractivity contribution in [3.05, 3.63) is 0 Å².